The van der Waals surface area contributed by atoms with Gasteiger partial charge in [-0.1, -0.05) is 40.2 Å². The molecular weight excluding hydrogens is 492 g/mol. The van der Waals surface area contributed by atoms with E-state index in [2.05, 4.69) is 20.7 Å². The van der Waals surface area contributed by atoms with Gasteiger partial charge in [-0.05, 0) is 42.0 Å². The highest BCUT2D eigenvalue weighted by Crippen LogP contribution is 2.29. The van der Waals surface area contributed by atoms with Gasteiger partial charge in [0.05, 0.1) is 21.1 Å². The molecule has 0 bridgehead atoms. The predicted octanol–water partition coefficient (Wildman–Crippen LogP) is 4.22. The number of carbonyl (C=O) groups is 1. The number of benzene rings is 3. The van der Waals surface area contributed by atoms with Crippen LogP contribution in [0.1, 0.15) is 15.9 Å². The SMILES string of the molecule is O=C(OCc1ccc(Br)cc1)c1ccccc1NS(=O)(=O)c1ccc(O)c([N+](=O)[O-])c1. The minimum atomic E-state index is -4.29. The van der Waals surface area contributed by atoms with Crippen LogP contribution in [0.15, 0.2) is 76.1 Å². The first kappa shape index (κ1) is 22.2. The number of hydrogen-bond donors (Lipinski definition) is 2. The number of sulfonamides is 1. The van der Waals surface area contributed by atoms with Crippen LogP contribution in [0, 0.1) is 10.1 Å². The highest BCUT2D eigenvalue weighted by Gasteiger charge is 2.23. The van der Waals surface area contributed by atoms with Crippen molar-refractivity contribution in [3.05, 3.63) is 92.4 Å². The molecule has 0 amide bonds. The highest BCUT2D eigenvalue weighted by molar-refractivity contribution is 9.10. The van der Waals surface area contributed by atoms with E-state index in [1.165, 1.54) is 18.2 Å². The molecule has 0 radical (unpaired) electrons. The van der Waals surface area contributed by atoms with Crippen molar-refractivity contribution in [2.45, 2.75) is 11.5 Å². The summed E-state index contributed by atoms with van der Waals surface area (Å²) >= 11 is 3.31. The Hall–Kier alpha value is -3.44. The van der Waals surface area contributed by atoms with E-state index in [1.807, 2.05) is 0 Å². The third kappa shape index (κ3) is 5.38. The molecular formula is C20H15BrN2O7S. The number of para-hydroxylation sites is 1. The molecule has 11 heteroatoms. The Bertz CT molecular complexity index is 1240. The number of aromatic hydroxyl groups is 1. The van der Waals surface area contributed by atoms with Gasteiger partial charge in [-0.25, -0.2) is 13.2 Å². The average molecular weight is 507 g/mol. The molecule has 0 saturated carbocycles. The lowest BCUT2D eigenvalue weighted by Gasteiger charge is -2.12. The van der Waals surface area contributed by atoms with Crippen LogP contribution >= 0.6 is 15.9 Å². The monoisotopic (exact) mass is 506 g/mol. The van der Waals surface area contributed by atoms with E-state index >= 15 is 0 Å². The van der Waals surface area contributed by atoms with Gasteiger partial charge in [-0.2, -0.15) is 0 Å². The molecule has 160 valence electrons. The number of nitrogens with one attached hydrogen (secondary N) is 1. The second-order valence-corrected chi connectivity index (χ2v) is 8.86. The number of esters is 1. The number of rotatable bonds is 7. The Morgan fingerprint density at radius 1 is 1.10 bits per heavy atom. The standard InChI is InChI=1S/C20H15BrN2O7S/c21-14-7-5-13(6-8-14)12-30-20(25)16-3-1-2-4-17(16)22-31(28,29)15-9-10-19(24)18(11-15)23(26)27/h1-11,22,24H,12H2. The lowest BCUT2D eigenvalue weighted by Crippen LogP contribution is -2.16. The highest BCUT2D eigenvalue weighted by atomic mass is 79.9. The quantitative estimate of drug-likeness (QED) is 0.278. The zero-order chi connectivity index (χ0) is 22.6. The number of phenolic OH excluding ortho intramolecular Hbond substituents is 1. The minimum absolute atomic E-state index is 0.0165. The summed E-state index contributed by atoms with van der Waals surface area (Å²) in [6, 6.07) is 15.6. The zero-order valence-corrected chi connectivity index (χ0v) is 18.1. The summed E-state index contributed by atoms with van der Waals surface area (Å²) in [6.07, 6.45) is 0. The average Bonchev–Trinajstić information content (AvgIpc) is 2.73. The largest absolute Gasteiger partial charge is 0.502 e. The van der Waals surface area contributed by atoms with Gasteiger partial charge >= 0.3 is 11.7 Å². The summed E-state index contributed by atoms with van der Waals surface area (Å²) in [5, 5.41) is 20.5. The molecule has 3 aromatic carbocycles. The number of nitrogens with zero attached hydrogens (tertiary/aromatic N) is 1. The van der Waals surface area contributed by atoms with Gasteiger partial charge in [0, 0.05) is 10.5 Å². The van der Waals surface area contributed by atoms with Crippen molar-refractivity contribution >= 4 is 43.3 Å². The van der Waals surface area contributed by atoms with Gasteiger partial charge < -0.3 is 9.84 Å². The summed E-state index contributed by atoms with van der Waals surface area (Å²) in [6.45, 7) is -0.0165. The number of ether oxygens (including phenoxy) is 1. The van der Waals surface area contributed by atoms with Crippen LogP contribution < -0.4 is 4.72 Å². The molecule has 0 spiro atoms. The van der Waals surface area contributed by atoms with Gasteiger partial charge in [-0.3, -0.25) is 14.8 Å². The van der Waals surface area contributed by atoms with E-state index in [0.717, 1.165) is 28.2 Å². The smallest absolute Gasteiger partial charge is 0.340 e. The third-order valence-corrected chi connectivity index (χ3v) is 6.02. The van der Waals surface area contributed by atoms with Crippen molar-refractivity contribution in [1.29, 1.82) is 0 Å². The zero-order valence-electron chi connectivity index (χ0n) is 15.7. The molecule has 0 aliphatic rings. The fourth-order valence-corrected chi connectivity index (χ4v) is 3.94. The molecule has 3 aromatic rings. The molecule has 0 atom stereocenters. The molecule has 9 nitrogen and oxygen atoms in total. The van der Waals surface area contributed by atoms with Gasteiger partial charge in [-0.15, -0.1) is 0 Å². The summed E-state index contributed by atoms with van der Waals surface area (Å²) in [5.41, 5.74) is -0.105. The van der Waals surface area contributed by atoms with Gasteiger partial charge in [0.2, 0.25) is 0 Å². The summed E-state index contributed by atoms with van der Waals surface area (Å²) in [5.74, 6) is -1.42. The maximum atomic E-state index is 12.7. The van der Waals surface area contributed by atoms with Gasteiger partial charge in [0.25, 0.3) is 10.0 Å². The van der Waals surface area contributed by atoms with E-state index < -0.39 is 37.2 Å². The van der Waals surface area contributed by atoms with E-state index in [4.69, 9.17) is 4.74 Å². The second-order valence-electron chi connectivity index (χ2n) is 6.26. The van der Waals surface area contributed by atoms with Crippen LogP contribution in [0.3, 0.4) is 0 Å². The number of hydrogen-bond acceptors (Lipinski definition) is 7. The minimum Gasteiger partial charge on any atom is -0.502 e. The molecule has 0 aliphatic carbocycles. The van der Waals surface area contributed by atoms with Crippen LogP contribution in [0.4, 0.5) is 11.4 Å². The number of halogens is 1. The molecule has 0 fully saturated rings. The normalized spacial score (nSPS) is 11.0. The van der Waals surface area contributed by atoms with Gasteiger partial charge in [0.15, 0.2) is 5.75 Å². The predicted molar refractivity (Wildman–Crippen MR) is 115 cm³/mol. The number of carbonyl (C=O) groups excluding carboxylic acids is 1. The molecule has 0 aromatic heterocycles. The lowest BCUT2D eigenvalue weighted by molar-refractivity contribution is -0.386. The molecule has 0 unspecified atom stereocenters. The Labute approximate surface area is 185 Å². The molecule has 0 aliphatic heterocycles. The fourth-order valence-electron chi connectivity index (χ4n) is 2.58. The lowest BCUT2D eigenvalue weighted by atomic mass is 10.2. The van der Waals surface area contributed by atoms with E-state index in [-0.39, 0.29) is 17.9 Å². The molecule has 0 saturated heterocycles. The molecule has 31 heavy (non-hydrogen) atoms. The molecule has 0 heterocycles. The Kier molecular flexibility index (Phi) is 6.56. The Balaban J connectivity index is 1.82. The maximum Gasteiger partial charge on any atom is 0.340 e. The van der Waals surface area contributed by atoms with Crippen molar-refractivity contribution in [3.63, 3.8) is 0 Å². The first-order chi connectivity index (χ1) is 14.7. The molecule has 2 N–H and O–H groups in total. The van der Waals surface area contributed by atoms with Crippen LogP contribution in [-0.4, -0.2) is 24.4 Å². The number of nitro groups is 1. The first-order valence-electron chi connectivity index (χ1n) is 8.68. The van der Waals surface area contributed by atoms with Crippen LogP contribution in [0.2, 0.25) is 0 Å². The summed E-state index contributed by atoms with van der Waals surface area (Å²) < 4.78 is 33.8. The summed E-state index contributed by atoms with van der Waals surface area (Å²) in [4.78, 5) is 22.2. The van der Waals surface area contributed by atoms with Crippen LogP contribution in [-0.2, 0) is 21.4 Å². The Morgan fingerprint density at radius 3 is 2.45 bits per heavy atom. The van der Waals surface area contributed by atoms with Crippen molar-refractivity contribution in [2.75, 3.05) is 4.72 Å². The van der Waals surface area contributed by atoms with Crippen molar-refractivity contribution in [2.24, 2.45) is 0 Å². The number of anilines is 1. The summed E-state index contributed by atoms with van der Waals surface area (Å²) in [7, 11) is -4.29. The first-order valence-corrected chi connectivity index (χ1v) is 11.0. The van der Waals surface area contributed by atoms with Crippen LogP contribution in [0.25, 0.3) is 0 Å². The van der Waals surface area contributed by atoms with Crippen molar-refractivity contribution < 1.29 is 28.0 Å². The van der Waals surface area contributed by atoms with Gasteiger partial charge in [0.1, 0.15) is 6.61 Å². The Morgan fingerprint density at radius 2 is 1.77 bits per heavy atom. The van der Waals surface area contributed by atoms with E-state index in [0.29, 0.717) is 0 Å². The number of nitro benzene ring substituents is 1. The topological polar surface area (TPSA) is 136 Å². The van der Waals surface area contributed by atoms with Crippen molar-refractivity contribution in [3.8, 4) is 5.75 Å². The number of phenols is 1. The second kappa shape index (κ2) is 9.14. The van der Waals surface area contributed by atoms with Crippen molar-refractivity contribution in [1.82, 2.24) is 0 Å². The van der Waals surface area contributed by atoms with E-state index in [1.54, 1.807) is 30.3 Å². The van der Waals surface area contributed by atoms with E-state index in [9.17, 15) is 28.4 Å². The molecule has 3 rings (SSSR count). The maximum absolute atomic E-state index is 12.7. The fraction of sp³-hybridized carbons (Fsp3) is 0.0500. The third-order valence-electron chi connectivity index (χ3n) is 4.13. The van der Waals surface area contributed by atoms with Crippen LogP contribution in [0.5, 0.6) is 5.75 Å².